The molecule has 0 bridgehead atoms. The topological polar surface area (TPSA) is 30.3 Å². The van der Waals surface area contributed by atoms with Gasteiger partial charge in [0.25, 0.3) is 0 Å². The molecule has 1 aromatic carbocycles. The molecule has 0 amide bonds. The maximum absolute atomic E-state index is 5.20. The summed E-state index contributed by atoms with van der Waals surface area (Å²) in [4.78, 5) is 2.41. The van der Waals surface area contributed by atoms with Crippen LogP contribution in [-0.4, -0.2) is 28.3 Å². The van der Waals surface area contributed by atoms with Gasteiger partial charge < -0.3 is 4.74 Å². The highest BCUT2D eigenvalue weighted by molar-refractivity contribution is 5.27. The van der Waals surface area contributed by atoms with Crippen LogP contribution in [0.2, 0.25) is 0 Å². The number of benzene rings is 1. The molecule has 0 spiro atoms. The maximum Gasteiger partial charge on any atom is 0.118 e. The molecule has 0 saturated carbocycles. The van der Waals surface area contributed by atoms with Crippen molar-refractivity contribution in [1.29, 1.82) is 0 Å². The maximum atomic E-state index is 5.20. The van der Waals surface area contributed by atoms with Gasteiger partial charge in [-0.1, -0.05) is 25.1 Å². The number of aromatic nitrogens is 2. The first-order chi connectivity index (χ1) is 10.7. The zero-order chi connectivity index (χ0) is 15.9. The number of methoxy groups -OCH3 is 1. The molecule has 4 heteroatoms. The third kappa shape index (κ3) is 4.21. The van der Waals surface area contributed by atoms with Crippen LogP contribution < -0.4 is 4.74 Å². The predicted octanol–water partition coefficient (Wildman–Crippen LogP) is 3.41. The second-order valence-corrected chi connectivity index (χ2v) is 5.40. The summed E-state index contributed by atoms with van der Waals surface area (Å²) in [7, 11) is 1.69. The summed E-state index contributed by atoms with van der Waals surface area (Å²) < 4.78 is 7.15. The van der Waals surface area contributed by atoms with E-state index in [9.17, 15) is 0 Å². The number of hydrogen-bond donors (Lipinski definition) is 0. The normalized spacial score (nSPS) is 10.9. The molecule has 22 heavy (non-hydrogen) atoms. The first kappa shape index (κ1) is 16.3. The fourth-order valence-corrected chi connectivity index (χ4v) is 2.45. The lowest BCUT2D eigenvalue weighted by Crippen LogP contribution is -2.22. The molecule has 2 aromatic rings. The summed E-state index contributed by atoms with van der Waals surface area (Å²) >= 11 is 0. The van der Waals surface area contributed by atoms with Crippen LogP contribution in [-0.2, 0) is 19.6 Å². The number of nitrogens with zero attached hydrogens (tertiary/aromatic N) is 3. The lowest BCUT2D eigenvalue weighted by Gasteiger charge is -2.20. The number of aryl methyl sites for hydroxylation is 1. The van der Waals surface area contributed by atoms with Crippen LogP contribution in [0.1, 0.15) is 23.7 Å². The quantitative estimate of drug-likeness (QED) is 0.700. The predicted molar refractivity (Wildman–Crippen MR) is 89.9 cm³/mol. The molecule has 1 aromatic heterocycles. The van der Waals surface area contributed by atoms with E-state index in [1.165, 1.54) is 11.1 Å². The van der Waals surface area contributed by atoms with Gasteiger partial charge in [0.1, 0.15) is 5.75 Å². The Morgan fingerprint density at radius 2 is 2.00 bits per heavy atom. The van der Waals surface area contributed by atoms with E-state index in [1.807, 2.05) is 22.9 Å². The minimum Gasteiger partial charge on any atom is -0.497 e. The molecule has 1 heterocycles. The second-order valence-electron chi connectivity index (χ2n) is 5.40. The molecule has 4 nitrogen and oxygen atoms in total. The summed E-state index contributed by atoms with van der Waals surface area (Å²) in [5.41, 5.74) is 3.66. The fourth-order valence-electron chi connectivity index (χ4n) is 2.45. The first-order valence-corrected chi connectivity index (χ1v) is 7.65. The Bertz CT molecular complexity index is 601. The van der Waals surface area contributed by atoms with Crippen molar-refractivity contribution in [2.45, 2.75) is 33.5 Å². The van der Waals surface area contributed by atoms with E-state index >= 15 is 0 Å². The minimum atomic E-state index is 0.755. The number of hydrogen-bond acceptors (Lipinski definition) is 3. The zero-order valence-corrected chi connectivity index (χ0v) is 13.7. The van der Waals surface area contributed by atoms with Gasteiger partial charge in [0.15, 0.2) is 0 Å². The van der Waals surface area contributed by atoms with Crippen LogP contribution in [0, 0.1) is 6.92 Å². The van der Waals surface area contributed by atoms with Gasteiger partial charge in [-0.15, -0.1) is 6.58 Å². The molecule has 0 radical (unpaired) electrons. The van der Waals surface area contributed by atoms with Crippen LogP contribution in [0.4, 0.5) is 0 Å². The van der Waals surface area contributed by atoms with Gasteiger partial charge in [0, 0.05) is 24.8 Å². The molecule has 0 aliphatic heterocycles. The molecule has 0 saturated heterocycles. The van der Waals surface area contributed by atoms with Crippen molar-refractivity contribution < 1.29 is 4.74 Å². The molecule has 0 aliphatic rings. The van der Waals surface area contributed by atoms with E-state index in [0.29, 0.717) is 0 Å². The molecule has 2 rings (SSSR count). The van der Waals surface area contributed by atoms with Crippen molar-refractivity contribution >= 4 is 0 Å². The highest BCUT2D eigenvalue weighted by Gasteiger charge is 2.10. The van der Waals surface area contributed by atoms with E-state index < -0.39 is 0 Å². The summed E-state index contributed by atoms with van der Waals surface area (Å²) in [6, 6.07) is 8.26. The van der Waals surface area contributed by atoms with Crippen molar-refractivity contribution in [3.05, 3.63) is 59.9 Å². The van der Waals surface area contributed by atoms with Crippen molar-refractivity contribution in [2.24, 2.45) is 0 Å². The molecular formula is C18H25N3O. The average Bonchev–Trinajstić information content (AvgIpc) is 2.87. The fraction of sp³-hybridized carbons (Fsp3) is 0.389. The Kier molecular flexibility index (Phi) is 5.78. The molecule has 118 valence electrons. The van der Waals surface area contributed by atoms with E-state index in [-0.39, 0.29) is 0 Å². The highest BCUT2D eigenvalue weighted by Crippen LogP contribution is 2.15. The molecule has 0 N–H and O–H groups in total. The molecular weight excluding hydrogens is 274 g/mol. The zero-order valence-electron chi connectivity index (χ0n) is 13.7. The van der Waals surface area contributed by atoms with Gasteiger partial charge >= 0.3 is 0 Å². The third-order valence-corrected chi connectivity index (χ3v) is 3.77. The van der Waals surface area contributed by atoms with E-state index in [4.69, 9.17) is 4.74 Å². The van der Waals surface area contributed by atoms with Gasteiger partial charge in [0.2, 0.25) is 0 Å². The Morgan fingerprint density at radius 3 is 2.59 bits per heavy atom. The van der Waals surface area contributed by atoms with Gasteiger partial charge in [-0.25, -0.2) is 0 Å². The summed E-state index contributed by atoms with van der Waals surface area (Å²) in [6.07, 6.45) is 3.98. The largest absolute Gasteiger partial charge is 0.497 e. The van der Waals surface area contributed by atoms with Crippen LogP contribution in [0.25, 0.3) is 0 Å². The summed E-state index contributed by atoms with van der Waals surface area (Å²) in [6.45, 7) is 11.6. The SMILES string of the molecule is C=CCn1cc(CN(CC)Cc2ccc(OC)cc2)c(C)n1. The van der Waals surface area contributed by atoms with Crippen LogP contribution in [0.3, 0.4) is 0 Å². The molecule has 0 unspecified atom stereocenters. The molecule has 0 fully saturated rings. The van der Waals surface area contributed by atoms with Crippen molar-refractivity contribution in [3.8, 4) is 5.75 Å². The minimum absolute atomic E-state index is 0.755. The summed E-state index contributed by atoms with van der Waals surface area (Å²) in [5.74, 6) is 0.897. The van der Waals surface area contributed by atoms with Crippen LogP contribution in [0.5, 0.6) is 5.75 Å². The van der Waals surface area contributed by atoms with Gasteiger partial charge in [-0.3, -0.25) is 9.58 Å². The van der Waals surface area contributed by atoms with Crippen LogP contribution >= 0.6 is 0 Å². The smallest absolute Gasteiger partial charge is 0.118 e. The molecule has 0 atom stereocenters. The Labute approximate surface area is 133 Å². The Balaban J connectivity index is 2.03. The van der Waals surface area contributed by atoms with Crippen molar-refractivity contribution in [2.75, 3.05) is 13.7 Å². The van der Waals surface area contributed by atoms with Crippen molar-refractivity contribution in [1.82, 2.24) is 14.7 Å². The Morgan fingerprint density at radius 1 is 1.27 bits per heavy atom. The highest BCUT2D eigenvalue weighted by atomic mass is 16.5. The number of ether oxygens (including phenoxy) is 1. The lowest BCUT2D eigenvalue weighted by atomic mass is 10.2. The van der Waals surface area contributed by atoms with Crippen LogP contribution in [0.15, 0.2) is 43.1 Å². The van der Waals surface area contributed by atoms with E-state index in [0.717, 1.165) is 37.6 Å². The lowest BCUT2D eigenvalue weighted by molar-refractivity contribution is 0.270. The second kappa shape index (κ2) is 7.80. The van der Waals surface area contributed by atoms with Gasteiger partial charge in [-0.05, 0) is 31.2 Å². The van der Waals surface area contributed by atoms with Crippen molar-refractivity contribution in [3.63, 3.8) is 0 Å². The van der Waals surface area contributed by atoms with Gasteiger partial charge in [-0.2, -0.15) is 5.10 Å². The number of rotatable bonds is 8. The third-order valence-electron chi connectivity index (χ3n) is 3.77. The monoisotopic (exact) mass is 299 g/mol. The number of allylic oxidation sites excluding steroid dienone is 1. The van der Waals surface area contributed by atoms with E-state index in [2.05, 4.69) is 48.8 Å². The first-order valence-electron chi connectivity index (χ1n) is 7.65. The summed E-state index contributed by atoms with van der Waals surface area (Å²) in [5, 5.41) is 4.52. The van der Waals surface area contributed by atoms with Gasteiger partial charge in [0.05, 0.1) is 19.3 Å². The van der Waals surface area contributed by atoms with E-state index in [1.54, 1.807) is 7.11 Å². The standard InChI is InChI=1S/C18H25N3O/c1-5-11-21-14-17(15(3)19-21)13-20(6-2)12-16-7-9-18(22-4)10-8-16/h5,7-10,14H,1,6,11-13H2,2-4H3. The Hall–Kier alpha value is -2.07. The average molecular weight is 299 g/mol. The molecule has 0 aliphatic carbocycles.